The number of nitrogens with zero attached hydrogens (tertiary/aromatic N) is 2. The third-order valence-corrected chi connectivity index (χ3v) is 4.08. The van der Waals surface area contributed by atoms with Gasteiger partial charge in [-0.1, -0.05) is 37.3 Å². The van der Waals surface area contributed by atoms with E-state index in [1.54, 1.807) is 6.20 Å². The Morgan fingerprint density at radius 3 is 2.86 bits per heavy atom. The van der Waals surface area contributed by atoms with Crippen molar-refractivity contribution in [3.8, 4) is 0 Å². The van der Waals surface area contributed by atoms with Gasteiger partial charge >= 0.3 is 0 Å². The number of nitrogens with one attached hydrogen (secondary N) is 2. The first-order valence-corrected chi connectivity index (χ1v) is 7.30. The maximum atomic E-state index is 12.3. The fraction of sp³-hybridized carbons (Fsp3) is 0.375. The topological polar surface area (TPSA) is 59.0 Å². The van der Waals surface area contributed by atoms with Gasteiger partial charge in [0.05, 0.1) is 6.54 Å². The molecule has 0 saturated carbocycles. The van der Waals surface area contributed by atoms with Crippen molar-refractivity contribution < 1.29 is 4.79 Å². The zero-order chi connectivity index (χ0) is 14.7. The fourth-order valence-electron chi connectivity index (χ4n) is 2.44. The first-order chi connectivity index (χ1) is 10.2. The molecule has 110 valence electrons. The molecular weight excluding hydrogens is 264 g/mol. The van der Waals surface area contributed by atoms with E-state index in [2.05, 4.69) is 27.8 Å². The summed E-state index contributed by atoms with van der Waals surface area (Å²) in [4.78, 5) is 16.5. The van der Waals surface area contributed by atoms with Crippen LogP contribution in [-0.4, -0.2) is 28.5 Å². The van der Waals surface area contributed by atoms with Crippen LogP contribution in [0.25, 0.3) is 0 Å². The maximum absolute atomic E-state index is 12.3. The number of imidazole rings is 1. The summed E-state index contributed by atoms with van der Waals surface area (Å²) in [5, 5.41) is 6.14. The van der Waals surface area contributed by atoms with Crippen molar-refractivity contribution in [3.63, 3.8) is 0 Å². The Morgan fingerprint density at radius 2 is 2.19 bits per heavy atom. The molecule has 1 amide bonds. The molecule has 0 bridgehead atoms. The van der Waals surface area contributed by atoms with E-state index in [0.717, 1.165) is 13.1 Å². The van der Waals surface area contributed by atoms with Gasteiger partial charge in [-0.3, -0.25) is 10.1 Å². The third-order valence-electron chi connectivity index (χ3n) is 4.08. The van der Waals surface area contributed by atoms with Crippen LogP contribution in [0.5, 0.6) is 0 Å². The van der Waals surface area contributed by atoms with Gasteiger partial charge in [0, 0.05) is 18.3 Å². The monoisotopic (exact) mass is 284 g/mol. The van der Waals surface area contributed by atoms with Crippen molar-refractivity contribution >= 4 is 11.9 Å². The summed E-state index contributed by atoms with van der Waals surface area (Å²) in [5.74, 6) is 1.10. The molecule has 21 heavy (non-hydrogen) atoms. The van der Waals surface area contributed by atoms with Gasteiger partial charge in [0.2, 0.25) is 11.9 Å². The van der Waals surface area contributed by atoms with Crippen LogP contribution in [0, 0.1) is 11.8 Å². The minimum Gasteiger partial charge on any atom is -0.316 e. The number of amides is 1. The molecule has 1 aromatic heterocycles. The Balaban J connectivity index is 1.66. The van der Waals surface area contributed by atoms with Crippen molar-refractivity contribution in [2.75, 3.05) is 18.4 Å². The molecular formula is C16H20N4O. The summed E-state index contributed by atoms with van der Waals surface area (Å²) in [7, 11) is 0. The Bertz CT molecular complexity index is 604. The first kappa shape index (κ1) is 13.8. The molecule has 1 aliphatic heterocycles. The largest absolute Gasteiger partial charge is 0.316 e. The molecule has 1 unspecified atom stereocenters. The molecule has 1 aliphatic rings. The lowest BCUT2D eigenvalue weighted by Crippen LogP contribution is -2.48. The minimum atomic E-state index is 0.00752. The predicted molar refractivity (Wildman–Crippen MR) is 81.9 cm³/mol. The molecule has 2 aromatic rings. The number of anilines is 1. The molecule has 1 fully saturated rings. The van der Waals surface area contributed by atoms with Crippen LogP contribution in [0.15, 0.2) is 42.7 Å². The summed E-state index contributed by atoms with van der Waals surface area (Å²) in [5.41, 5.74) is 1.18. The fourth-order valence-corrected chi connectivity index (χ4v) is 2.44. The number of hydrogen-bond donors (Lipinski definition) is 2. The number of rotatable bonds is 5. The molecule has 0 aliphatic carbocycles. The third kappa shape index (κ3) is 3.13. The molecule has 5 heteroatoms. The standard InChI is InChI=1S/C16H20N4O/c1-12(14-9-17-10-14)15(21)19-16-18-7-8-20(16)11-13-5-3-2-4-6-13/h2-8,12,14,17H,9-11H2,1H3,(H,18,19,21). The SMILES string of the molecule is CC(C(=O)Nc1nccn1Cc1ccccc1)C1CNC1. The molecule has 2 N–H and O–H groups in total. The lowest BCUT2D eigenvalue weighted by Gasteiger charge is -2.31. The van der Waals surface area contributed by atoms with E-state index >= 15 is 0 Å². The van der Waals surface area contributed by atoms with Gasteiger partial charge in [0.15, 0.2) is 0 Å². The van der Waals surface area contributed by atoms with E-state index in [-0.39, 0.29) is 11.8 Å². The van der Waals surface area contributed by atoms with Crippen LogP contribution in [0.3, 0.4) is 0 Å². The Morgan fingerprint density at radius 1 is 1.43 bits per heavy atom. The normalized spacial score (nSPS) is 16.2. The summed E-state index contributed by atoms with van der Waals surface area (Å²) < 4.78 is 1.96. The van der Waals surface area contributed by atoms with Crippen molar-refractivity contribution in [1.29, 1.82) is 0 Å². The number of aromatic nitrogens is 2. The van der Waals surface area contributed by atoms with Gasteiger partial charge in [-0.05, 0) is 24.6 Å². The smallest absolute Gasteiger partial charge is 0.229 e. The van der Waals surface area contributed by atoms with Crippen LogP contribution < -0.4 is 10.6 Å². The number of carbonyl (C=O) groups is 1. The predicted octanol–water partition coefficient (Wildman–Crippen LogP) is 1.73. The molecule has 1 saturated heterocycles. The lowest BCUT2D eigenvalue weighted by molar-refractivity contribution is -0.121. The Labute approximate surface area is 124 Å². The van der Waals surface area contributed by atoms with Gasteiger partial charge in [-0.25, -0.2) is 4.98 Å². The van der Waals surface area contributed by atoms with E-state index < -0.39 is 0 Å². The van der Waals surface area contributed by atoms with E-state index in [4.69, 9.17) is 0 Å². The summed E-state index contributed by atoms with van der Waals surface area (Å²) in [6.07, 6.45) is 3.60. The Kier molecular flexibility index (Phi) is 4.01. The van der Waals surface area contributed by atoms with Crippen LogP contribution in [0.2, 0.25) is 0 Å². The van der Waals surface area contributed by atoms with Crippen LogP contribution in [0.1, 0.15) is 12.5 Å². The van der Waals surface area contributed by atoms with Crippen LogP contribution >= 0.6 is 0 Å². The van der Waals surface area contributed by atoms with Crippen molar-refractivity contribution in [2.24, 2.45) is 11.8 Å². The average Bonchev–Trinajstić information content (AvgIpc) is 2.85. The molecule has 0 spiro atoms. The van der Waals surface area contributed by atoms with Crippen LogP contribution in [-0.2, 0) is 11.3 Å². The van der Waals surface area contributed by atoms with Crippen molar-refractivity contribution in [1.82, 2.24) is 14.9 Å². The highest BCUT2D eigenvalue weighted by Crippen LogP contribution is 2.18. The van der Waals surface area contributed by atoms with Gasteiger partial charge in [0.25, 0.3) is 0 Å². The zero-order valence-electron chi connectivity index (χ0n) is 12.1. The van der Waals surface area contributed by atoms with Crippen molar-refractivity contribution in [2.45, 2.75) is 13.5 Å². The lowest BCUT2D eigenvalue weighted by atomic mass is 9.88. The van der Waals surface area contributed by atoms with Crippen molar-refractivity contribution in [3.05, 3.63) is 48.3 Å². The van der Waals surface area contributed by atoms with E-state index in [0.29, 0.717) is 18.4 Å². The first-order valence-electron chi connectivity index (χ1n) is 7.30. The van der Waals surface area contributed by atoms with E-state index in [9.17, 15) is 4.79 Å². The molecule has 5 nitrogen and oxygen atoms in total. The highest BCUT2D eigenvalue weighted by molar-refractivity contribution is 5.91. The molecule has 2 heterocycles. The molecule has 3 rings (SSSR count). The second kappa shape index (κ2) is 6.10. The van der Waals surface area contributed by atoms with Gasteiger partial charge < -0.3 is 9.88 Å². The molecule has 0 radical (unpaired) electrons. The highest BCUT2D eigenvalue weighted by Gasteiger charge is 2.29. The second-order valence-corrected chi connectivity index (χ2v) is 5.56. The number of carbonyl (C=O) groups excluding carboxylic acids is 1. The number of benzene rings is 1. The van der Waals surface area contributed by atoms with E-state index in [1.807, 2.05) is 35.9 Å². The maximum Gasteiger partial charge on any atom is 0.229 e. The van der Waals surface area contributed by atoms with E-state index in [1.165, 1.54) is 5.56 Å². The zero-order valence-corrected chi connectivity index (χ0v) is 12.1. The van der Waals surface area contributed by atoms with Gasteiger partial charge in [-0.2, -0.15) is 0 Å². The highest BCUT2D eigenvalue weighted by atomic mass is 16.2. The quantitative estimate of drug-likeness (QED) is 0.879. The molecule has 1 atom stereocenters. The van der Waals surface area contributed by atoms with Gasteiger partial charge in [-0.15, -0.1) is 0 Å². The van der Waals surface area contributed by atoms with Gasteiger partial charge in [0.1, 0.15) is 0 Å². The number of hydrogen-bond acceptors (Lipinski definition) is 3. The Hall–Kier alpha value is -2.14. The molecule has 1 aromatic carbocycles. The average molecular weight is 284 g/mol. The summed E-state index contributed by atoms with van der Waals surface area (Å²) >= 11 is 0. The van der Waals surface area contributed by atoms with Crippen LogP contribution in [0.4, 0.5) is 5.95 Å². The minimum absolute atomic E-state index is 0.00752. The summed E-state index contributed by atoms with van der Waals surface area (Å²) in [6, 6.07) is 10.1. The summed E-state index contributed by atoms with van der Waals surface area (Å²) in [6.45, 7) is 4.53. The second-order valence-electron chi connectivity index (χ2n) is 5.56.